The van der Waals surface area contributed by atoms with Crippen molar-refractivity contribution in [2.45, 2.75) is 62.9 Å². The quantitative estimate of drug-likeness (QED) is 0.583. The maximum atomic E-state index is 13.4. The summed E-state index contributed by atoms with van der Waals surface area (Å²) in [5, 5.41) is 11.9. The lowest BCUT2D eigenvalue weighted by Crippen LogP contribution is -2.52. The number of nitrogens with one attached hydrogen (secondary N) is 1. The number of carbonyl (C=O) groups excluding carboxylic acids is 2. The molecule has 1 saturated carbocycles. The molecular formula is C28H32N2O5. The zero-order valence-electron chi connectivity index (χ0n) is 19.8. The maximum absolute atomic E-state index is 13.4. The SMILES string of the molecule is O=C(O)CCC(NC(=O)OCC1c2ccccc2-c2ccccc21)C(=O)N1CCCC1C1CCC1. The highest BCUT2D eigenvalue weighted by Gasteiger charge is 2.40. The van der Waals surface area contributed by atoms with Gasteiger partial charge in [0.2, 0.25) is 5.91 Å². The van der Waals surface area contributed by atoms with Gasteiger partial charge in [-0.2, -0.15) is 0 Å². The Hall–Kier alpha value is -3.35. The van der Waals surface area contributed by atoms with Gasteiger partial charge in [-0.15, -0.1) is 0 Å². The van der Waals surface area contributed by atoms with Crippen LogP contribution < -0.4 is 5.32 Å². The minimum atomic E-state index is -0.992. The Morgan fingerprint density at radius 3 is 2.23 bits per heavy atom. The van der Waals surface area contributed by atoms with Gasteiger partial charge in [-0.1, -0.05) is 55.0 Å². The van der Waals surface area contributed by atoms with Crippen LogP contribution in [0.4, 0.5) is 4.79 Å². The van der Waals surface area contributed by atoms with Crippen LogP contribution >= 0.6 is 0 Å². The lowest BCUT2D eigenvalue weighted by Gasteiger charge is -2.38. The minimum absolute atomic E-state index is 0.0479. The molecule has 184 valence electrons. The Morgan fingerprint density at radius 2 is 1.63 bits per heavy atom. The van der Waals surface area contributed by atoms with Gasteiger partial charge in [0, 0.05) is 24.9 Å². The third-order valence-electron chi connectivity index (χ3n) is 7.86. The van der Waals surface area contributed by atoms with Crippen LogP contribution in [-0.2, 0) is 14.3 Å². The first-order valence-electron chi connectivity index (χ1n) is 12.7. The first-order valence-corrected chi connectivity index (χ1v) is 12.7. The lowest BCUT2D eigenvalue weighted by molar-refractivity contribution is -0.138. The van der Waals surface area contributed by atoms with E-state index >= 15 is 0 Å². The second kappa shape index (κ2) is 10.1. The van der Waals surface area contributed by atoms with E-state index in [9.17, 15) is 19.5 Å². The molecule has 1 saturated heterocycles. The van der Waals surface area contributed by atoms with Crippen LogP contribution in [-0.4, -0.2) is 53.2 Å². The van der Waals surface area contributed by atoms with Crippen molar-refractivity contribution >= 4 is 18.0 Å². The third-order valence-corrected chi connectivity index (χ3v) is 7.86. The zero-order valence-corrected chi connectivity index (χ0v) is 19.8. The van der Waals surface area contributed by atoms with E-state index in [4.69, 9.17) is 4.74 Å². The summed E-state index contributed by atoms with van der Waals surface area (Å²) in [4.78, 5) is 39.3. The summed E-state index contributed by atoms with van der Waals surface area (Å²) in [5.41, 5.74) is 4.51. The van der Waals surface area contributed by atoms with E-state index in [1.807, 2.05) is 29.2 Å². The standard InChI is InChI=1S/C28H32N2O5/c31-26(32)15-14-24(27(33)30-16-6-13-25(30)18-7-5-8-18)29-28(34)35-17-23-21-11-3-1-9-19(21)20-10-2-4-12-22(20)23/h1-4,9-12,18,23-25H,5-8,13-17H2,(H,29,34)(H,31,32). The summed E-state index contributed by atoms with van der Waals surface area (Å²) in [5.74, 6) is -0.734. The van der Waals surface area contributed by atoms with Crippen molar-refractivity contribution in [2.75, 3.05) is 13.2 Å². The Labute approximate surface area is 205 Å². The summed E-state index contributed by atoms with van der Waals surface area (Å²) in [6, 6.07) is 15.5. The summed E-state index contributed by atoms with van der Waals surface area (Å²) >= 11 is 0. The number of aliphatic carboxylic acids is 1. The molecule has 2 aromatic carbocycles. The van der Waals surface area contributed by atoms with Crippen molar-refractivity contribution in [3.8, 4) is 11.1 Å². The largest absolute Gasteiger partial charge is 0.481 e. The van der Waals surface area contributed by atoms with E-state index in [0.717, 1.165) is 47.9 Å². The second-order valence-electron chi connectivity index (χ2n) is 9.89. The van der Waals surface area contributed by atoms with Gasteiger partial charge < -0.3 is 20.1 Å². The van der Waals surface area contributed by atoms with Crippen LogP contribution in [0.2, 0.25) is 0 Å². The number of carboxylic acid groups (broad SMARTS) is 1. The van der Waals surface area contributed by atoms with Gasteiger partial charge >= 0.3 is 12.1 Å². The molecule has 2 fully saturated rings. The van der Waals surface area contributed by atoms with E-state index in [2.05, 4.69) is 29.6 Å². The molecule has 1 aliphatic heterocycles. The zero-order chi connectivity index (χ0) is 24.4. The van der Waals surface area contributed by atoms with Crippen molar-refractivity contribution in [1.29, 1.82) is 0 Å². The molecule has 0 spiro atoms. The molecule has 2 atom stereocenters. The van der Waals surface area contributed by atoms with Gasteiger partial charge in [-0.05, 0) is 60.3 Å². The van der Waals surface area contributed by atoms with Gasteiger partial charge in [-0.25, -0.2) is 4.79 Å². The summed E-state index contributed by atoms with van der Waals surface area (Å²) in [7, 11) is 0. The number of likely N-dealkylation sites (tertiary alicyclic amines) is 1. The average molecular weight is 477 g/mol. The predicted octanol–water partition coefficient (Wildman–Crippen LogP) is 4.55. The number of benzene rings is 2. The molecule has 7 heteroatoms. The topological polar surface area (TPSA) is 95.9 Å². The second-order valence-corrected chi connectivity index (χ2v) is 9.89. The highest BCUT2D eigenvalue weighted by Crippen LogP contribution is 2.44. The predicted molar refractivity (Wildman–Crippen MR) is 131 cm³/mol. The number of carbonyl (C=O) groups is 3. The molecule has 35 heavy (non-hydrogen) atoms. The van der Waals surface area contributed by atoms with E-state index in [1.54, 1.807) is 0 Å². The van der Waals surface area contributed by atoms with Crippen LogP contribution in [0.15, 0.2) is 48.5 Å². The molecule has 2 N–H and O–H groups in total. The number of rotatable bonds is 8. The van der Waals surface area contributed by atoms with Crippen molar-refractivity contribution < 1.29 is 24.2 Å². The highest BCUT2D eigenvalue weighted by molar-refractivity contribution is 5.87. The van der Waals surface area contributed by atoms with Crippen LogP contribution in [0, 0.1) is 5.92 Å². The van der Waals surface area contributed by atoms with E-state index in [0.29, 0.717) is 12.5 Å². The molecule has 3 aliphatic rings. The van der Waals surface area contributed by atoms with Crippen LogP contribution in [0.5, 0.6) is 0 Å². The molecule has 2 aromatic rings. The third kappa shape index (κ3) is 4.77. The van der Waals surface area contributed by atoms with Crippen molar-refractivity contribution in [2.24, 2.45) is 5.92 Å². The highest BCUT2D eigenvalue weighted by atomic mass is 16.5. The molecule has 7 nitrogen and oxygen atoms in total. The van der Waals surface area contributed by atoms with Gasteiger partial charge in [0.1, 0.15) is 12.6 Å². The molecule has 1 heterocycles. The Kier molecular flexibility index (Phi) is 6.75. The monoisotopic (exact) mass is 476 g/mol. The van der Waals surface area contributed by atoms with Crippen molar-refractivity contribution in [1.82, 2.24) is 10.2 Å². The number of amides is 2. The molecule has 2 unspecified atom stereocenters. The number of alkyl carbamates (subject to hydrolysis) is 1. The average Bonchev–Trinajstić information content (AvgIpc) is 3.42. The lowest BCUT2D eigenvalue weighted by atomic mass is 9.78. The number of carboxylic acids is 1. The normalized spacial score (nSPS) is 20.0. The smallest absolute Gasteiger partial charge is 0.407 e. The molecule has 0 aromatic heterocycles. The molecule has 5 rings (SSSR count). The summed E-state index contributed by atoms with van der Waals surface area (Å²) in [6.45, 7) is 0.810. The number of ether oxygens (including phenoxy) is 1. The summed E-state index contributed by atoms with van der Waals surface area (Å²) in [6.07, 6.45) is 4.56. The number of hydrogen-bond acceptors (Lipinski definition) is 4. The Morgan fingerprint density at radius 1 is 0.971 bits per heavy atom. The number of hydrogen-bond donors (Lipinski definition) is 2. The summed E-state index contributed by atoms with van der Waals surface area (Å²) < 4.78 is 5.63. The maximum Gasteiger partial charge on any atom is 0.407 e. The Bertz CT molecular complexity index is 1070. The number of fused-ring (bicyclic) bond motifs is 3. The van der Waals surface area contributed by atoms with Gasteiger partial charge in [0.15, 0.2) is 0 Å². The van der Waals surface area contributed by atoms with E-state index < -0.39 is 18.1 Å². The van der Waals surface area contributed by atoms with E-state index in [1.165, 1.54) is 6.42 Å². The fraction of sp³-hybridized carbons (Fsp3) is 0.464. The van der Waals surface area contributed by atoms with Gasteiger partial charge in [0.05, 0.1) is 0 Å². The van der Waals surface area contributed by atoms with E-state index in [-0.39, 0.29) is 37.3 Å². The molecular weight excluding hydrogens is 444 g/mol. The number of nitrogens with zero attached hydrogens (tertiary/aromatic N) is 1. The fourth-order valence-electron chi connectivity index (χ4n) is 5.89. The fourth-order valence-corrected chi connectivity index (χ4v) is 5.89. The molecule has 2 aliphatic carbocycles. The first-order chi connectivity index (χ1) is 17.0. The minimum Gasteiger partial charge on any atom is -0.481 e. The van der Waals surface area contributed by atoms with Gasteiger partial charge in [-0.3, -0.25) is 9.59 Å². The van der Waals surface area contributed by atoms with Crippen LogP contribution in [0.1, 0.15) is 62.0 Å². The van der Waals surface area contributed by atoms with Crippen LogP contribution in [0.3, 0.4) is 0 Å². The molecule has 0 bridgehead atoms. The van der Waals surface area contributed by atoms with Crippen molar-refractivity contribution in [3.05, 3.63) is 59.7 Å². The van der Waals surface area contributed by atoms with Crippen molar-refractivity contribution in [3.63, 3.8) is 0 Å². The van der Waals surface area contributed by atoms with Crippen LogP contribution in [0.25, 0.3) is 11.1 Å². The van der Waals surface area contributed by atoms with Gasteiger partial charge in [0.25, 0.3) is 0 Å². The molecule has 2 amide bonds. The molecule has 0 radical (unpaired) electrons. The Balaban J connectivity index is 1.26. The first kappa shape index (κ1) is 23.4.